The Morgan fingerprint density at radius 1 is 1.06 bits per heavy atom. The summed E-state index contributed by atoms with van der Waals surface area (Å²) in [5.41, 5.74) is 4.87. The zero-order chi connectivity index (χ0) is 22.1. The van der Waals surface area contributed by atoms with Gasteiger partial charge in [-0.3, -0.25) is 4.79 Å². The van der Waals surface area contributed by atoms with Crippen LogP contribution in [-0.4, -0.2) is 33.0 Å². The van der Waals surface area contributed by atoms with Crippen molar-refractivity contribution in [3.8, 4) is 11.3 Å². The smallest absolute Gasteiger partial charge is 0.259 e. The third-order valence-electron chi connectivity index (χ3n) is 6.09. The van der Waals surface area contributed by atoms with E-state index in [0.29, 0.717) is 22.9 Å². The van der Waals surface area contributed by atoms with Crippen LogP contribution in [0.1, 0.15) is 35.7 Å². The Morgan fingerprint density at radius 2 is 1.84 bits per heavy atom. The van der Waals surface area contributed by atoms with E-state index in [9.17, 15) is 4.79 Å². The number of H-pyrrole nitrogens is 1. The van der Waals surface area contributed by atoms with Crippen LogP contribution in [0.3, 0.4) is 0 Å². The second-order valence-electron chi connectivity index (χ2n) is 8.25. The maximum atomic E-state index is 12.8. The Hall–Kier alpha value is -3.58. The van der Waals surface area contributed by atoms with Gasteiger partial charge in [0.15, 0.2) is 0 Å². The zero-order valence-corrected chi connectivity index (χ0v) is 18.2. The predicted octanol–water partition coefficient (Wildman–Crippen LogP) is 4.22. The van der Waals surface area contributed by atoms with Gasteiger partial charge in [0.2, 0.25) is 0 Å². The van der Waals surface area contributed by atoms with Gasteiger partial charge < -0.3 is 10.3 Å². The summed E-state index contributed by atoms with van der Waals surface area (Å²) in [5.74, 6) is 1.68. The Bertz CT molecular complexity index is 1320. The van der Waals surface area contributed by atoms with Crippen molar-refractivity contribution in [1.82, 2.24) is 25.3 Å². The molecule has 0 unspecified atom stereocenters. The molecular weight excluding hydrogens is 400 g/mol. The van der Waals surface area contributed by atoms with Crippen LogP contribution >= 0.6 is 0 Å². The first-order valence-electron chi connectivity index (χ1n) is 10.9. The molecule has 4 heterocycles. The fourth-order valence-electron chi connectivity index (χ4n) is 4.48. The number of hydrogen-bond acceptors (Lipinski definition) is 5. The van der Waals surface area contributed by atoms with Gasteiger partial charge >= 0.3 is 0 Å². The number of pyridine rings is 2. The molecule has 5 rings (SSSR count). The SMILES string of the molecule is Cc1ncc(-c2cc3cc[nH]c(=O)c3c(Nc3cccc(C)c3C3CC[N]CC3)n2)cn1. The van der Waals surface area contributed by atoms with Crippen molar-refractivity contribution >= 4 is 22.3 Å². The number of nitrogens with zero attached hydrogens (tertiary/aromatic N) is 4. The summed E-state index contributed by atoms with van der Waals surface area (Å²) < 4.78 is 0. The van der Waals surface area contributed by atoms with Crippen LogP contribution in [0.25, 0.3) is 22.0 Å². The van der Waals surface area contributed by atoms with E-state index in [1.807, 2.05) is 25.1 Å². The molecule has 0 atom stereocenters. The minimum atomic E-state index is -0.171. The Kier molecular flexibility index (Phi) is 5.41. The van der Waals surface area contributed by atoms with Crippen molar-refractivity contribution in [2.45, 2.75) is 32.6 Å². The number of aryl methyl sites for hydroxylation is 2. The maximum absolute atomic E-state index is 12.8. The standard InChI is InChI=1S/C25H25N6O/c1-15-4-3-5-20(22(15)17-6-9-26-10-7-17)30-24-23-18(8-11-27-25(23)32)12-21(31-24)19-13-28-16(2)29-14-19/h3-5,8,11-14,17H,6-7,9-10H2,1-2H3,(H,27,32)(H,30,31). The minimum Gasteiger partial charge on any atom is -0.339 e. The highest BCUT2D eigenvalue weighted by Gasteiger charge is 2.22. The van der Waals surface area contributed by atoms with Gasteiger partial charge in [-0.05, 0) is 67.3 Å². The van der Waals surface area contributed by atoms with E-state index in [4.69, 9.17) is 4.98 Å². The van der Waals surface area contributed by atoms with Gasteiger partial charge in [-0.2, -0.15) is 0 Å². The Balaban J connectivity index is 1.65. The van der Waals surface area contributed by atoms with Gasteiger partial charge in [-0.25, -0.2) is 20.3 Å². The molecule has 0 spiro atoms. The summed E-state index contributed by atoms with van der Waals surface area (Å²) >= 11 is 0. The molecule has 1 aliphatic heterocycles. The molecule has 3 aromatic heterocycles. The molecule has 4 aromatic rings. The predicted molar refractivity (Wildman–Crippen MR) is 126 cm³/mol. The number of aromatic nitrogens is 4. The van der Waals surface area contributed by atoms with Gasteiger partial charge in [0.25, 0.3) is 5.56 Å². The number of piperidine rings is 1. The van der Waals surface area contributed by atoms with E-state index in [-0.39, 0.29) is 5.56 Å². The number of fused-ring (bicyclic) bond motifs is 1. The third kappa shape index (κ3) is 3.87. The van der Waals surface area contributed by atoms with Crippen molar-refractivity contribution in [1.29, 1.82) is 0 Å². The normalized spacial score (nSPS) is 14.6. The van der Waals surface area contributed by atoms with E-state index in [2.05, 4.69) is 44.6 Å². The number of benzene rings is 1. The molecule has 161 valence electrons. The molecule has 1 aliphatic rings. The lowest BCUT2D eigenvalue weighted by Crippen LogP contribution is -2.22. The van der Waals surface area contributed by atoms with Crippen molar-refractivity contribution in [2.24, 2.45) is 0 Å². The molecule has 0 saturated carbocycles. The summed E-state index contributed by atoms with van der Waals surface area (Å²) in [6.45, 7) is 5.77. The molecule has 7 nitrogen and oxygen atoms in total. The van der Waals surface area contributed by atoms with E-state index in [0.717, 1.165) is 48.3 Å². The van der Waals surface area contributed by atoms with Gasteiger partial charge in [0, 0.05) is 42.9 Å². The molecule has 0 amide bonds. The van der Waals surface area contributed by atoms with Crippen LogP contribution < -0.4 is 16.2 Å². The maximum Gasteiger partial charge on any atom is 0.259 e. The van der Waals surface area contributed by atoms with Crippen LogP contribution in [0, 0.1) is 13.8 Å². The van der Waals surface area contributed by atoms with Gasteiger partial charge in [-0.15, -0.1) is 0 Å². The van der Waals surface area contributed by atoms with Crippen LogP contribution in [0.5, 0.6) is 0 Å². The van der Waals surface area contributed by atoms with E-state index >= 15 is 0 Å². The van der Waals surface area contributed by atoms with E-state index in [1.54, 1.807) is 18.6 Å². The Labute approximate surface area is 186 Å². The zero-order valence-electron chi connectivity index (χ0n) is 18.2. The highest BCUT2D eigenvalue weighted by atomic mass is 16.1. The highest BCUT2D eigenvalue weighted by Crippen LogP contribution is 2.36. The number of anilines is 2. The van der Waals surface area contributed by atoms with Gasteiger partial charge in [0.05, 0.1) is 11.1 Å². The minimum absolute atomic E-state index is 0.171. The monoisotopic (exact) mass is 425 g/mol. The van der Waals surface area contributed by atoms with Crippen molar-refractivity contribution < 1.29 is 0 Å². The molecule has 2 N–H and O–H groups in total. The molecule has 0 bridgehead atoms. The van der Waals surface area contributed by atoms with Crippen LogP contribution in [0.2, 0.25) is 0 Å². The summed E-state index contributed by atoms with van der Waals surface area (Å²) in [7, 11) is 0. The first kappa shape index (κ1) is 20.3. The average Bonchev–Trinajstić information content (AvgIpc) is 2.80. The molecule has 1 fully saturated rings. The topological polar surface area (TPSA) is 97.7 Å². The highest BCUT2D eigenvalue weighted by molar-refractivity contribution is 5.95. The fourth-order valence-corrected chi connectivity index (χ4v) is 4.48. The molecule has 0 aliphatic carbocycles. The molecule has 32 heavy (non-hydrogen) atoms. The lowest BCUT2D eigenvalue weighted by Gasteiger charge is -2.26. The van der Waals surface area contributed by atoms with Crippen molar-refractivity contribution in [3.63, 3.8) is 0 Å². The number of nitrogens with one attached hydrogen (secondary N) is 2. The van der Waals surface area contributed by atoms with E-state index < -0.39 is 0 Å². The molecular formula is C25H25N6O. The van der Waals surface area contributed by atoms with Gasteiger partial charge in [-0.1, -0.05) is 12.1 Å². The van der Waals surface area contributed by atoms with Gasteiger partial charge in [0.1, 0.15) is 11.6 Å². The van der Waals surface area contributed by atoms with Crippen LogP contribution in [0.15, 0.2) is 53.7 Å². The third-order valence-corrected chi connectivity index (χ3v) is 6.09. The summed E-state index contributed by atoms with van der Waals surface area (Å²) in [6, 6.07) is 10.1. The fraction of sp³-hybridized carbons (Fsp3) is 0.280. The largest absolute Gasteiger partial charge is 0.339 e. The Morgan fingerprint density at radius 3 is 2.62 bits per heavy atom. The molecule has 1 radical (unpaired) electrons. The van der Waals surface area contributed by atoms with Crippen molar-refractivity contribution in [3.05, 3.63) is 76.2 Å². The van der Waals surface area contributed by atoms with Crippen LogP contribution in [-0.2, 0) is 0 Å². The quantitative estimate of drug-likeness (QED) is 0.510. The lowest BCUT2D eigenvalue weighted by atomic mass is 9.86. The molecule has 7 heteroatoms. The summed E-state index contributed by atoms with van der Waals surface area (Å²) in [5, 5.41) is 9.37. The van der Waals surface area contributed by atoms with Crippen molar-refractivity contribution in [2.75, 3.05) is 18.4 Å². The number of hydrogen-bond donors (Lipinski definition) is 2. The first-order valence-corrected chi connectivity index (χ1v) is 10.9. The molecule has 1 aromatic carbocycles. The van der Waals surface area contributed by atoms with E-state index in [1.165, 1.54) is 11.1 Å². The summed E-state index contributed by atoms with van der Waals surface area (Å²) in [6.07, 6.45) is 7.26. The first-order chi connectivity index (χ1) is 15.6. The summed E-state index contributed by atoms with van der Waals surface area (Å²) in [4.78, 5) is 29.0. The molecule has 1 saturated heterocycles. The second kappa shape index (κ2) is 8.51. The average molecular weight is 426 g/mol. The number of rotatable bonds is 4. The second-order valence-corrected chi connectivity index (χ2v) is 8.25. The van der Waals surface area contributed by atoms with Crippen LogP contribution in [0.4, 0.5) is 11.5 Å². The lowest BCUT2D eigenvalue weighted by molar-refractivity contribution is 0.453. The number of aromatic amines is 1.